The van der Waals surface area contributed by atoms with Crippen LogP contribution in [0.4, 0.5) is 0 Å². The molecule has 3 N–H and O–H groups in total. The van der Waals surface area contributed by atoms with Gasteiger partial charge >= 0.3 is 0 Å². The summed E-state index contributed by atoms with van der Waals surface area (Å²) in [6.07, 6.45) is 3.45. The van der Waals surface area contributed by atoms with E-state index < -0.39 is 35.7 Å². The smallest absolute Gasteiger partial charge is 0.245 e. The molecule has 0 radical (unpaired) electrons. The van der Waals surface area contributed by atoms with Gasteiger partial charge in [0.2, 0.25) is 23.6 Å². The van der Waals surface area contributed by atoms with E-state index in [4.69, 9.17) is 9.47 Å². The third-order valence-electron chi connectivity index (χ3n) is 11.1. The van der Waals surface area contributed by atoms with Crippen molar-refractivity contribution in [2.75, 3.05) is 27.8 Å². The van der Waals surface area contributed by atoms with Crippen molar-refractivity contribution in [2.45, 2.75) is 149 Å². The number of likely N-dealkylation sites (tertiary alicyclic amines) is 1. The van der Waals surface area contributed by atoms with E-state index in [0.717, 1.165) is 23.4 Å². The number of thiazole rings is 1. The Bertz CT molecular complexity index is 1550. The average Bonchev–Trinajstić information content (AvgIpc) is 3.86. The van der Waals surface area contributed by atoms with E-state index in [1.807, 2.05) is 96.0 Å². The average molecular weight is 799 g/mol. The molecule has 8 atom stereocenters. The number of hydrogen-bond acceptors (Lipinski definition) is 9. The zero-order chi connectivity index (χ0) is 42.0. The predicted octanol–water partition coefficient (Wildman–Crippen LogP) is 5.77. The summed E-state index contributed by atoms with van der Waals surface area (Å²) in [6, 6.07) is 8.16. The Morgan fingerprint density at radius 2 is 1.66 bits per heavy atom. The molecule has 1 aliphatic rings. The number of methoxy groups -OCH3 is 2. The van der Waals surface area contributed by atoms with Crippen molar-refractivity contribution in [3.8, 4) is 0 Å². The summed E-state index contributed by atoms with van der Waals surface area (Å²) < 4.78 is 12.1. The fourth-order valence-corrected chi connectivity index (χ4v) is 8.80. The molecule has 0 saturated carbocycles. The van der Waals surface area contributed by atoms with Crippen LogP contribution < -0.4 is 16.0 Å². The van der Waals surface area contributed by atoms with E-state index in [-0.39, 0.29) is 59.5 Å². The number of benzene rings is 1. The third kappa shape index (κ3) is 12.6. The van der Waals surface area contributed by atoms with Gasteiger partial charge in [0.15, 0.2) is 0 Å². The molecule has 1 fully saturated rings. The number of rotatable bonds is 20. The molecule has 1 aromatic carbocycles. The maximum atomic E-state index is 14.3. The summed E-state index contributed by atoms with van der Waals surface area (Å²) in [6.45, 7) is 19.9. The molecule has 3 rings (SSSR count). The van der Waals surface area contributed by atoms with Crippen LogP contribution in [0.5, 0.6) is 0 Å². The lowest BCUT2D eigenvalue weighted by atomic mass is 9.89. The van der Waals surface area contributed by atoms with Gasteiger partial charge in [0, 0.05) is 44.9 Å². The van der Waals surface area contributed by atoms with E-state index in [1.54, 1.807) is 32.4 Å². The second-order valence-corrected chi connectivity index (χ2v) is 18.3. The van der Waals surface area contributed by atoms with Crippen LogP contribution >= 0.6 is 11.3 Å². The lowest BCUT2D eigenvalue weighted by Crippen LogP contribution is -2.63. The van der Waals surface area contributed by atoms with Crippen molar-refractivity contribution in [1.82, 2.24) is 30.7 Å². The number of aromatic nitrogens is 1. The molecule has 56 heavy (non-hydrogen) atoms. The fourth-order valence-electron chi connectivity index (χ4n) is 8.11. The highest BCUT2D eigenvalue weighted by Crippen LogP contribution is 2.30. The van der Waals surface area contributed by atoms with Crippen LogP contribution in [0.25, 0.3) is 0 Å². The zero-order valence-electron chi connectivity index (χ0n) is 36.2. The Kier molecular flexibility index (Phi) is 17.5. The molecule has 2 heterocycles. The normalized spacial score (nSPS) is 18.8. The van der Waals surface area contributed by atoms with Crippen LogP contribution in [-0.2, 0) is 35.1 Å². The van der Waals surface area contributed by atoms with Gasteiger partial charge in [0.25, 0.3) is 0 Å². The number of nitrogens with zero attached hydrogens (tertiary/aromatic N) is 3. The number of amides is 4. The summed E-state index contributed by atoms with van der Waals surface area (Å²) in [5.41, 5.74) is -0.142. The molecule has 0 bridgehead atoms. The molecule has 1 saturated heterocycles. The minimum atomic E-state index is -0.919. The second-order valence-electron chi connectivity index (χ2n) is 17.4. The van der Waals surface area contributed by atoms with Crippen LogP contribution in [0, 0.1) is 17.8 Å². The maximum absolute atomic E-state index is 14.3. The second kappa shape index (κ2) is 20.9. The summed E-state index contributed by atoms with van der Waals surface area (Å²) >= 11 is 1.51. The first-order valence-electron chi connectivity index (χ1n) is 20.2. The molecule has 13 heteroatoms. The molecular formula is C43H70N6O6S. The lowest BCUT2D eigenvalue weighted by molar-refractivity contribution is -0.148. The molecule has 1 aliphatic heterocycles. The van der Waals surface area contributed by atoms with Crippen LogP contribution in [-0.4, -0.2) is 108 Å². The van der Waals surface area contributed by atoms with Gasteiger partial charge in [-0.15, -0.1) is 11.3 Å². The van der Waals surface area contributed by atoms with Crippen molar-refractivity contribution in [2.24, 2.45) is 17.8 Å². The highest BCUT2D eigenvalue weighted by Gasteiger charge is 2.44. The van der Waals surface area contributed by atoms with Gasteiger partial charge < -0.3 is 29.9 Å². The summed E-state index contributed by atoms with van der Waals surface area (Å²) in [7, 11) is 4.92. The van der Waals surface area contributed by atoms with Gasteiger partial charge in [-0.2, -0.15) is 0 Å². The predicted molar refractivity (Wildman–Crippen MR) is 223 cm³/mol. The van der Waals surface area contributed by atoms with Crippen molar-refractivity contribution < 1.29 is 28.7 Å². The number of hydrogen-bond donors (Lipinski definition) is 3. The number of likely N-dealkylation sites (N-methyl/N-ethyl adjacent to an activating group) is 1. The molecule has 0 aliphatic carbocycles. The van der Waals surface area contributed by atoms with Gasteiger partial charge in [-0.1, -0.05) is 71.4 Å². The lowest BCUT2D eigenvalue weighted by Gasteiger charge is -2.41. The van der Waals surface area contributed by atoms with Crippen molar-refractivity contribution in [1.29, 1.82) is 0 Å². The van der Waals surface area contributed by atoms with Gasteiger partial charge in [-0.25, -0.2) is 4.98 Å². The summed E-state index contributed by atoms with van der Waals surface area (Å²) in [5, 5.41) is 12.4. The van der Waals surface area contributed by atoms with E-state index in [0.29, 0.717) is 19.4 Å². The minimum Gasteiger partial charge on any atom is -0.379 e. The standard InChI is InChI=1S/C43H70N6O6S/c1-14-28(4)36(48(11)40(52)35(27(2)3)46-41(53)43(9,10)47-42(6,7)8)33(54-12)26-34(50)49-23-18-21-32(49)37(55-13)29(5)38(51)45-31(39-44-22-24-56-39)25-30-19-16-15-17-20-30/h15-17,19-20,22,24,27-29,31-33,35-37,47H,14,18,21,23,25-26H2,1-13H3,(H,45,51)(H,46,53)/t28-,29+,31-,32-,33+,35?,36-,37+/m0/s1. The molecule has 1 unspecified atom stereocenters. The zero-order valence-corrected chi connectivity index (χ0v) is 37.0. The monoisotopic (exact) mass is 799 g/mol. The van der Waals surface area contributed by atoms with Gasteiger partial charge in [-0.3, -0.25) is 24.5 Å². The number of nitrogens with one attached hydrogen (secondary N) is 3. The maximum Gasteiger partial charge on any atom is 0.245 e. The molecule has 2 aromatic rings. The van der Waals surface area contributed by atoms with Crippen molar-refractivity contribution in [3.63, 3.8) is 0 Å². The third-order valence-corrected chi connectivity index (χ3v) is 12.0. The first kappa shape index (κ1) is 47.0. The van der Waals surface area contributed by atoms with E-state index in [1.165, 1.54) is 11.3 Å². The highest BCUT2D eigenvalue weighted by molar-refractivity contribution is 7.09. The van der Waals surface area contributed by atoms with E-state index in [2.05, 4.69) is 34.8 Å². The Balaban J connectivity index is 1.79. The van der Waals surface area contributed by atoms with Crippen molar-refractivity contribution >= 4 is 35.0 Å². The summed E-state index contributed by atoms with van der Waals surface area (Å²) in [5.74, 6) is -1.54. The first-order chi connectivity index (χ1) is 26.3. The molecule has 4 amide bonds. The molecule has 0 spiro atoms. The largest absolute Gasteiger partial charge is 0.379 e. The number of carbonyl (C=O) groups is 4. The molecule has 1 aromatic heterocycles. The Morgan fingerprint density at radius 3 is 2.20 bits per heavy atom. The highest BCUT2D eigenvalue weighted by atomic mass is 32.1. The van der Waals surface area contributed by atoms with Crippen LogP contribution in [0.2, 0.25) is 0 Å². The van der Waals surface area contributed by atoms with E-state index in [9.17, 15) is 19.2 Å². The van der Waals surface area contributed by atoms with Crippen molar-refractivity contribution in [3.05, 3.63) is 52.5 Å². The quantitative estimate of drug-likeness (QED) is 0.153. The Morgan fingerprint density at radius 1 is 1.00 bits per heavy atom. The molecular weight excluding hydrogens is 729 g/mol. The molecule has 12 nitrogen and oxygen atoms in total. The SMILES string of the molecule is CC[C@H](C)[C@@H]([C@@H](CC(=O)N1CCC[C@H]1[C@H](OC)[C@@H](C)C(=O)N[C@@H](Cc1ccccc1)c1nccs1)OC)N(C)C(=O)C(NC(=O)C(C)(C)NC(C)(C)C)C(C)C. The number of carbonyl (C=O) groups excluding carboxylic acids is 4. The van der Waals surface area contributed by atoms with Gasteiger partial charge in [0.05, 0.1) is 48.2 Å². The van der Waals surface area contributed by atoms with Gasteiger partial charge in [-0.05, 0) is 71.3 Å². The first-order valence-corrected chi connectivity index (χ1v) is 21.1. The summed E-state index contributed by atoms with van der Waals surface area (Å²) in [4.78, 5) is 64.1. The number of ether oxygens (including phenoxy) is 2. The molecule has 314 valence electrons. The van der Waals surface area contributed by atoms with E-state index >= 15 is 0 Å². The fraction of sp³-hybridized carbons (Fsp3) is 0.698. The van der Waals surface area contributed by atoms with Crippen LogP contribution in [0.3, 0.4) is 0 Å². The minimum absolute atomic E-state index is 0.0179. The van der Waals surface area contributed by atoms with Crippen LogP contribution in [0.1, 0.15) is 112 Å². The Labute approximate surface area is 340 Å². The van der Waals surface area contributed by atoms with Crippen LogP contribution in [0.15, 0.2) is 41.9 Å². The Hall–Kier alpha value is -3.39. The topological polar surface area (TPSA) is 142 Å². The van der Waals surface area contributed by atoms with Gasteiger partial charge in [0.1, 0.15) is 11.0 Å².